The maximum atomic E-state index is 13.0. The van der Waals surface area contributed by atoms with Crippen molar-refractivity contribution in [1.29, 1.82) is 0 Å². The van der Waals surface area contributed by atoms with Crippen molar-refractivity contribution in [2.75, 3.05) is 14.2 Å². The van der Waals surface area contributed by atoms with Crippen molar-refractivity contribution in [2.24, 2.45) is 5.92 Å². The lowest BCUT2D eigenvalue weighted by molar-refractivity contribution is -0.138. The molecular formula is C14H20F3NO. The van der Waals surface area contributed by atoms with Crippen LogP contribution in [0.25, 0.3) is 0 Å². The lowest BCUT2D eigenvalue weighted by atomic mass is 9.90. The molecule has 0 heterocycles. The summed E-state index contributed by atoms with van der Waals surface area (Å²) in [5, 5.41) is 2.94. The average Bonchev–Trinajstić information content (AvgIpc) is 2.34. The number of hydrogen-bond donors (Lipinski definition) is 1. The zero-order chi connectivity index (χ0) is 14.6. The van der Waals surface area contributed by atoms with Crippen LogP contribution in [0.1, 0.15) is 31.0 Å². The molecule has 2 nitrogen and oxygen atoms in total. The fraction of sp³-hybridized carbons (Fsp3) is 0.571. The lowest BCUT2D eigenvalue weighted by Gasteiger charge is -2.30. The summed E-state index contributed by atoms with van der Waals surface area (Å²) < 4.78 is 44.5. The monoisotopic (exact) mass is 275 g/mol. The summed E-state index contributed by atoms with van der Waals surface area (Å²) >= 11 is 0. The SMILES string of the molecule is CNC(c1ccccc1C(F)(F)F)C(OC)C(C)C. The molecule has 0 amide bonds. The number of nitrogens with one attached hydrogen (secondary N) is 1. The predicted octanol–water partition coefficient (Wildman–Crippen LogP) is 3.64. The number of rotatable bonds is 5. The number of ether oxygens (including phenoxy) is 1. The third-order valence-corrected chi connectivity index (χ3v) is 3.17. The maximum absolute atomic E-state index is 13.0. The fourth-order valence-corrected chi connectivity index (χ4v) is 2.32. The molecule has 108 valence electrons. The van der Waals surface area contributed by atoms with Crippen LogP contribution in [-0.4, -0.2) is 20.3 Å². The van der Waals surface area contributed by atoms with Gasteiger partial charge in [0.15, 0.2) is 0 Å². The van der Waals surface area contributed by atoms with Gasteiger partial charge in [-0.05, 0) is 24.6 Å². The smallest absolute Gasteiger partial charge is 0.379 e. The standard InChI is InChI=1S/C14H20F3NO/c1-9(2)13(19-4)12(18-3)10-7-5-6-8-11(10)14(15,16)17/h5-9,12-13,18H,1-4H3. The topological polar surface area (TPSA) is 21.3 Å². The maximum Gasteiger partial charge on any atom is 0.416 e. The van der Waals surface area contributed by atoms with E-state index in [0.717, 1.165) is 6.07 Å². The van der Waals surface area contributed by atoms with E-state index in [2.05, 4.69) is 5.32 Å². The summed E-state index contributed by atoms with van der Waals surface area (Å²) in [5.74, 6) is 0.101. The van der Waals surface area contributed by atoms with Gasteiger partial charge in [0.25, 0.3) is 0 Å². The van der Waals surface area contributed by atoms with E-state index in [-0.39, 0.29) is 17.6 Å². The van der Waals surface area contributed by atoms with Crippen LogP contribution in [0.5, 0.6) is 0 Å². The molecule has 0 bridgehead atoms. The van der Waals surface area contributed by atoms with Gasteiger partial charge in [-0.25, -0.2) is 0 Å². The van der Waals surface area contributed by atoms with E-state index in [4.69, 9.17) is 4.74 Å². The normalized spacial score (nSPS) is 15.6. The number of halogens is 3. The van der Waals surface area contributed by atoms with Crippen molar-refractivity contribution in [3.05, 3.63) is 35.4 Å². The van der Waals surface area contributed by atoms with Gasteiger partial charge in [0.05, 0.1) is 17.7 Å². The minimum absolute atomic E-state index is 0.101. The van der Waals surface area contributed by atoms with Gasteiger partial charge >= 0.3 is 6.18 Å². The van der Waals surface area contributed by atoms with Crippen LogP contribution in [0, 0.1) is 5.92 Å². The van der Waals surface area contributed by atoms with Gasteiger partial charge in [0, 0.05) is 7.11 Å². The van der Waals surface area contributed by atoms with Crippen LogP contribution in [0.4, 0.5) is 13.2 Å². The van der Waals surface area contributed by atoms with Crippen molar-refractivity contribution in [3.63, 3.8) is 0 Å². The van der Waals surface area contributed by atoms with E-state index in [0.29, 0.717) is 0 Å². The first-order chi connectivity index (χ1) is 8.82. The molecule has 1 rings (SSSR count). The van der Waals surface area contributed by atoms with E-state index >= 15 is 0 Å². The summed E-state index contributed by atoms with van der Waals surface area (Å²) in [7, 11) is 3.16. The minimum Gasteiger partial charge on any atom is -0.379 e. The fourth-order valence-electron chi connectivity index (χ4n) is 2.32. The molecule has 0 aliphatic heterocycles. The Labute approximate surface area is 112 Å². The molecule has 0 radical (unpaired) electrons. The molecule has 0 saturated carbocycles. The van der Waals surface area contributed by atoms with Crippen LogP contribution >= 0.6 is 0 Å². The number of alkyl halides is 3. The Hall–Kier alpha value is -1.07. The molecule has 19 heavy (non-hydrogen) atoms. The van der Waals surface area contributed by atoms with E-state index < -0.39 is 17.8 Å². The largest absolute Gasteiger partial charge is 0.416 e. The third-order valence-electron chi connectivity index (χ3n) is 3.17. The van der Waals surface area contributed by atoms with Gasteiger partial charge in [-0.2, -0.15) is 13.2 Å². The molecular weight excluding hydrogens is 255 g/mol. The number of benzene rings is 1. The van der Waals surface area contributed by atoms with Crippen LogP contribution in [-0.2, 0) is 10.9 Å². The van der Waals surface area contributed by atoms with Gasteiger partial charge in [-0.15, -0.1) is 0 Å². The zero-order valence-corrected chi connectivity index (χ0v) is 11.6. The highest BCUT2D eigenvalue weighted by Gasteiger charge is 2.37. The van der Waals surface area contributed by atoms with E-state index in [1.54, 1.807) is 13.1 Å². The van der Waals surface area contributed by atoms with Gasteiger partial charge in [0.2, 0.25) is 0 Å². The Morgan fingerprint density at radius 1 is 1.16 bits per heavy atom. The molecule has 1 aromatic rings. The van der Waals surface area contributed by atoms with Gasteiger partial charge in [-0.3, -0.25) is 0 Å². The lowest BCUT2D eigenvalue weighted by Crippen LogP contribution is -2.36. The molecule has 5 heteroatoms. The Balaban J connectivity index is 3.26. The quantitative estimate of drug-likeness (QED) is 0.886. The van der Waals surface area contributed by atoms with Gasteiger partial charge < -0.3 is 10.1 Å². The molecule has 0 spiro atoms. The predicted molar refractivity (Wildman–Crippen MR) is 68.9 cm³/mol. The van der Waals surface area contributed by atoms with Crippen molar-refractivity contribution in [3.8, 4) is 0 Å². The molecule has 1 aromatic carbocycles. The Morgan fingerprint density at radius 3 is 2.16 bits per heavy atom. The molecule has 0 aliphatic carbocycles. The summed E-state index contributed by atoms with van der Waals surface area (Å²) in [6.07, 6.45) is -4.69. The molecule has 0 fully saturated rings. The molecule has 2 atom stereocenters. The Kier molecular flexibility index (Phi) is 5.38. The highest BCUT2D eigenvalue weighted by Crippen LogP contribution is 2.36. The number of methoxy groups -OCH3 is 1. The van der Waals surface area contributed by atoms with Crippen molar-refractivity contribution in [1.82, 2.24) is 5.32 Å². The summed E-state index contributed by atoms with van der Waals surface area (Å²) in [5.41, 5.74) is -0.393. The van der Waals surface area contributed by atoms with Crippen LogP contribution in [0.15, 0.2) is 24.3 Å². The summed E-state index contributed by atoms with van der Waals surface area (Å²) in [4.78, 5) is 0. The average molecular weight is 275 g/mol. The highest BCUT2D eigenvalue weighted by molar-refractivity contribution is 5.33. The first-order valence-corrected chi connectivity index (χ1v) is 6.19. The second kappa shape index (κ2) is 6.39. The second-order valence-electron chi connectivity index (χ2n) is 4.80. The summed E-state index contributed by atoms with van der Waals surface area (Å²) in [6, 6.07) is 5.12. The minimum atomic E-state index is -4.36. The van der Waals surface area contributed by atoms with Crippen LogP contribution in [0.3, 0.4) is 0 Å². The van der Waals surface area contributed by atoms with Crippen LogP contribution < -0.4 is 5.32 Å². The Bertz CT molecular complexity index is 404. The number of likely N-dealkylation sites (N-methyl/N-ethyl adjacent to an activating group) is 1. The molecule has 0 aromatic heterocycles. The highest BCUT2D eigenvalue weighted by atomic mass is 19.4. The van der Waals surface area contributed by atoms with E-state index in [9.17, 15) is 13.2 Å². The molecule has 1 N–H and O–H groups in total. The summed E-state index contributed by atoms with van der Waals surface area (Å²) in [6.45, 7) is 3.85. The zero-order valence-electron chi connectivity index (χ0n) is 11.6. The number of hydrogen-bond acceptors (Lipinski definition) is 2. The van der Waals surface area contributed by atoms with Crippen molar-refractivity contribution in [2.45, 2.75) is 32.2 Å². The molecule has 0 saturated heterocycles. The van der Waals surface area contributed by atoms with Gasteiger partial charge in [0.1, 0.15) is 0 Å². The van der Waals surface area contributed by atoms with Crippen LogP contribution in [0.2, 0.25) is 0 Å². The van der Waals surface area contributed by atoms with E-state index in [1.807, 2.05) is 13.8 Å². The van der Waals surface area contributed by atoms with Crippen molar-refractivity contribution >= 4 is 0 Å². The first kappa shape index (κ1) is 16.0. The second-order valence-corrected chi connectivity index (χ2v) is 4.80. The first-order valence-electron chi connectivity index (χ1n) is 6.19. The Morgan fingerprint density at radius 2 is 1.74 bits per heavy atom. The van der Waals surface area contributed by atoms with Crippen molar-refractivity contribution < 1.29 is 17.9 Å². The molecule has 0 aliphatic rings. The van der Waals surface area contributed by atoms with Gasteiger partial charge in [-0.1, -0.05) is 32.0 Å². The molecule has 2 unspecified atom stereocenters. The van der Waals surface area contributed by atoms with E-state index in [1.165, 1.54) is 19.2 Å². The third kappa shape index (κ3) is 3.70.